The van der Waals surface area contributed by atoms with Crippen LogP contribution in [0.3, 0.4) is 0 Å². The number of thiophene rings is 1. The van der Waals surface area contributed by atoms with E-state index >= 15 is 0 Å². The van der Waals surface area contributed by atoms with E-state index in [1.165, 1.54) is 23.5 Å². The minimum absolute atomic E-state index is 0.0424. The van der Waals surface area contributed by atoms with Crippen molar-refractivity contribution in [3.8, 4) is 5.75 Å². The van der Waals surface area contributed by atoms with Crippen LogP contribution in [0, 0.1) is 0 Å². The summed E-state index contributed by atoms with van der Waals surface area (Å²) in [7, 11) is 0. The van der Waals surface area contributed by atoms with E-state index in [2.05, 4.69) is 10.1 Å². The molecule has 1 aromatic carbocycles. The smallest absolute Gasteiger partial charge is 0.387 e. The van der Waals surface area contributed by atoms with Gasteiger partial charge in [-0.15, -0.1) is 11.3 Å². The van der Waals surface area contributed by atoms with Gasteiger partial charge in [0.25, 0.3) is 5.91 Å². The summed E-state index contributed by atoms with van der Waals surface area (Å²) < 4.78 is 29.2. The predicted octanol–water partition coefficient (Wildman–Crippen LogP) is 4.22. The van der Waals surface area contributed by atoms with E-state index in [-0.39, 0.29) is 17.6 Å². The van der Waals surface area contributed by atoms with E-state index in [0.717, 1.165) is 12.8 Å². The molecule has 1 aliphatic heterocycles. The molecule has 1 N–H and O–H groups in total. The Morgan fingerprint density at radius 3 is 2.79 bits per heavy atom. The molecule has 1 fully saturated rings. The molecular weight excluding hydrogens is 386 g/mol. The van der Waals surface area contributed by atoms with Crippen molar-refractivity contribution >= 4 is 23.2 Å². The lowest BCUT2D eigenvalue weighted by atomic mass is 10.00. The molecule has 2 unspecified atom stereocenters. The first-order valence-electron chi connectivity index (χ1n) is 9.15. The Hall–Kier alpha value is -2.48. The quantitative estimate of drug-likeness (QED) is 0.779. The number of amides is 2. The number of piperidine rings is 1. The summed E-state index contributed by atoms with van der Waals surface area (Å²) in [6.45, 7) is -0.589. The van der Waals surface area contributed by atoms with Crippen molar-refractivity contribution in [2.75, 3.05) is 6.54 Å². The summed E-state index contributed by atoms with van der Waals surface area (Å²) in [6, 6.07) is 8.88. The Balaban J connectivity index is 1.69. The van der Waals surface area contributed by atoms with Crippen molar-refractivity contribution in [2.24, 2.45) is 0 Å². The molecule has 0 bridgehead atoms. The lowest BCUT2D eigenvalue weighted by Gasteiger charge is -2.35. The molecule has 150 valence electrons. The molecule has 1 aromatic heterocycles. The lowest BCUT2D eigenvalue weighted by Crippen LogP contribution is -2.52. The van der Waals surface area contributed by atoms with Gasteiger partial charge in [-0.1, -0.05) is 18.2 Å². The fraction of sp³-hybridized carbons (Fsp3) is 0.400. The number of hydrogen-bond acceptors (Lipinski definition) is 4. The molecule has 2 amide bonds. The van der Waals surface area contributed by atoms with Crippen LogP contribution in [-0.2, 0) is 4.79 Å². The number of carbonyl (C=O) groups excluding carboxylic acids is 2. The van der Waals surface area contributed by atoms with Crippen molar-refractivity contribution in [3.63, 3.8) is 0 Å². The van der Waals surface area contributed by atoms with Crippen LogP contribution >= 0.6 is 11.3 Å². The van der Waals surface area contributed by atoms with Crippen molar-refractivity contribution in [1.82, 2.24) is 10.2 Å². The van der Waals surface area contributed by atoms with Crippen LogP contribution in [0.5, 0.6) is 5.75 Å². The zero-order valence-electron chi connectivity index (χ0n) is 15.4. The van der Waals surface area contributed by atoms with Gasteiger partial charge in [-0.05, 0) is 55.3 Å². The molecule has 0 aliphatic carbocycles. The molecule has 1 aliphatic rings. The van der Waals surface area contributed by atoms with Crippen LogP contribution in [0.4, 0.5) is 8.78 Å². The predicted molar refractivity (Wildman–Crippen MR) is 103 cm³/mol. The number of benzene rings is 1. The Morgan fingerprint density at radius 1 is 1.25 bits per heavy atom. The van der Waals surface area contributed by atoms with Gasteiger partial charge in [0.1, 0.15) is 11.8 Å². The van der Waals surface area contributed by atoms with Crippen molar-refractivity contribution in [3.05, 3.63) is 52.2 Å². The normalized spacial score (nSPS) is 18.0. The molecule has 5 nitrogen and oxygen atoms in total. The number of likely N-dealkylation sites (tertiary alicyclic amines) is 1. The van der Waals surface area contributed by atoms with Crippen LogP contribution in [-0.4, -0.2) is 35.9 Å². The minimum Gasteiger partial charge on any atom is -0.435 e. The monoisotopic (exact) mass is 408 g/mol. The highest BCUT2D eigenvalue weighted by Gasteiger charge is 2.33. The van der Waals surface area contributed by atoms with Gasteiger partial charge in [-0.25, -0.2) is 0 Å². The molecule has 2 heterocycles. The van der Waals surface area contributed by atoms with E-state index in [1.807, 2.05) is 11.4 Å². The number of nitrogens with one attached hydrogen (secondary N) is 1. The first-order chi connectivity index (χ1) is 13.5. The van der Waals surface area contributed by atoms with Crippen molar-refractivity contribution in [1.29, 1.82) is 0 Å². The van der Waals surface area contributed by atoms with Crippen LogP contribution in [0.25, 0.3) is 0 Å². The summed E-state index contributed by atoms with van der Waals surface area (Å²) in [5, 5.41) is 4.74. The van der Waals surface area contributed by atoms with Crippen LogP contribution in [0.15, 0.2) is 41.8 Å². The second-order valence-electron chi connectivity index (χ2n) is 6.67. The third-order valence-corrected chi connectivity index (χ3v) is 5.60. The highest BCUT2D eigenvalue weighted by molar-refractivity contribution is 7.12. The second kappa shape index (κ2) is 9.14. The van der Waals surface area contributed by atoms with Gasteiger partial charge in [0, 0.05) is 6.54 Å². The number of hydrogen-bond donors (Lipinski definition) is 1. The van der Waals surface area contributed by atoms with Crippen molar-refractivity contribution < 1.29 is 23.1 Å². The second-order valence-corrected chi connectivity index (χ2v) is 7.62. The summed E-state index contributed by atoms with van der Waals surface area (Å²) in [6.07, 6.45) is 2.34. The summed E-state index contributed by atoms with van der Waals surface area (Å²) in [5.74, 6) is -0.326. The maximum Gasteiger partial charge on any atom is 0.387 e. The Labute approximate surface area is 166 Å². The average molecular weight is 408 g/mol. The fourth-order valence-electron chi connectivity index (χ4n) is 3.34. The van der Waals surface area contributed by atoms with E-state index in [1.54, 1.807) is 30.0 Å². The molecule has 0 radical (unpaired) electrons. The number of halogens is 2. The van der Waals surface area contributed by atoms with Gasteiger partial charge in [0.05, 0.1) is 10.9 Å². The molecule has 2 aromatic rings. The Bertz CT molecular complexity index is 814. The van der Waals surface area contributed by atoms with Gasteiger partial charge in [-0.2, -0.15) is 8.78 Å². The molecule has 1 saturated heterocycles. The number of carbonyl (C=O) groups is 2. The third-order valence-electron chi connectivity index (χ3n) is 4.74. The van der Waals surface area contributed by atoms with Gasteiger partial charge in [0.15, 0.2) is 0 Å². The summed E-state index contributed by atoms with van der Waals surface area (Å²) in [5.41, 5.74) is 0.651. The lowest BCUT2D eigenvalue weighted by molar-refractivity contribution is -0.127. The molecular formula is C20H22F2N2O3S. The van der Waals surface area contributed by atoms with Gasteiger partial charge < -0.3 is 15.0 Å². The average Bonchev–Trinajstić information content (AvgIpc) is 3.22. The third kappa shape index (κ3) is 4.86. The zero-order valence-corrected chi connectivity index (χ0v) is 16.3. The number of nitrogens with zero attached hydrogens (tertiary/aromatic N) is 1. The molecule has 28 heavy (non-hydrogen) atoms. The van der Waals surface area contributed by atoms with Gasteiger partial charge in [0.2, 0.25) is 5.91 Å². The fourth-order valence-corrected chi connectivity index (χ4v) is 4.02. The van der Waals surface area contributed by atoms with Crippen LogP contribution < -0.4 is 10.1 Å². The molecule has 0 spiro atoms. The van der Waals surface area contributed by atoms with E-state index in [4.69, 9.17) is 0 Å². The Kier molecular flexibility index (Phi) is 6.61. The number of alkyl halides is 2. The largest absolute Gasteiger partial charge is 0.435 e. The molecule has 2 atom stereocenters. The Morgan fingerprint density at radius 2 is 2.07 bits per heavy atom. The SMILES string of the molecule is CC(NC(=O)C1CCCCN1C(=O)c1cccs1)c1cccc(OC(F)F)c1. The minimum atomic E-state index is -2.90. The highest BCUT2D eigenvalue weighted by atomic mass is 32.1. The molecule has 8 heteroatoms. The summed E-state index contributed by atoms with van der Waals surface area (Å²) in [4.78, 5) is 27.9. The first-order valence-corrected chi connectivity index (χ1v) is 10.0. The first kappa shape index (κ1) is 20.3. The van der Waals surface area contributed by atoms with Gasteiger partial charge in [-0.3, -0.25) is 9.59 Å². The standard InChI is InChI=1S/C20H22F2N2O3S/c1-13(14-6-4-7-15(12-14)27-20(21)22)23-18(25)16-8-2-3-10-24(16)19(26)17-9-5-11-28-17/h4-7,9,11-13,16,20H,2-3,8,10H2,1H3,(H,23,25). The van der Waals surface area contributed by atoms with E-state index in [9.17, 15) is 18.4 Å². The summed E-state index contributed by atoms with van der Waals surface area (Å²) >= 11 is 1.36. The molecule has 0 saturated carbocycles. The van der Waals surface area contributed by atoms with Crippen LogP contribution in [0.2, 0.25) is 0 Å². The zero-order chi connectivity index (χ0) is 20.1. The van der Waals surface area contributed by atoms with E-state index in [0.29, 0.717) is 23.4 Å². The topological polar surface area (TPSA) is 58.6 Å². The maximum absolute atomic E-state index is 12.9. The highest BCUT2D eigenvalue weighted by Crippen LogP contribution is 2.24. The number of rotatable bonds is 6. The van der Waals surface area contributed by atoms with Crippen molar-refractivity contribution in [2.45, 2.75) is 44.9 Å². The molecule has 3 rings (SSSR count). The maximum atomic E-state index is 12.9. The van der Waals surface area contributed by atoms with E-state index < -0.39 is 18.7 Å². The van der Waals surface area contributed by atoms with Crippen LogP contribution in [0.1, 0.15) is 47.5 Å². The van der Waals surface area contributed by atoms with Gasteiger partial charge >= 0.3 is 6.61 Å². The number of ether oxygens (including phenoxy) is 1.